The van der Waals surface area contributed by atoms with Crippen molar-refractivity contribution in [2.75, 3.05) is 0 Å². The van der Waals surface area contributed by atoms with Crippen molar-refractivity contribution < 1.29 is 22.3 Å². The molecule has 0 aliphatic carbocycles. The number of nitrogens with zero attached hydrogens (tertiary/aromatic N) is 1. The summed E-state index contributed by atoms with van der Waals surface area (Å²) < 4.78 is 53.7. The molecule has 0 fully saturated rings. The molecule has 0 N–H and O–H groups in total. The predicted octanol–water partition coefficient (Wildman–Crippen LogP) is 3.03. The van der Waals surface area contributed by atoms with Gasteiger partial charge in [0.1, 0.15) is 11.6 Å². The Balaban J connectivity index is 2.90. The van der Waals surface area contributed by atoms with Crippen LogP contribution in [-0.4, -0.2) is 12.3 Å². The molecule has 1 aromatic rings. The van der Waals surface area contributed by atoms with E-state index in [4.69, 9.17) is 5.26 Å². The third-order valence-corrected chi connectivity index (χ3v) is 1.77. The van der Waals surface area contributed by atoms with E-state index < -0.39 is 18.1 Å². The molecule has 0 saturated carbocycles. The molecule has 1 aromatic carbocycles. The fourth-order valence-corrected chi connectivity index (χ4v) is 0.966. The van der Waals surface area contributed by atoms with E-state index in [9.17, 15) is 17.6 Å². The van der Waals surface area contributed by atoms with Crippen LogP contribution in [0, 0.1) is 17.1 Å². The second-order valence-electron chi connectivity index (χ2n) is 3.09. The van der Waals surface area contributed by atoms with Gasteiger partial charge >= 0.3 is 6.18 Å². The topological polar surface area (TPSA) is 33.0 Å². The van der Waals surface area contributed by atoms with Crippen LogP contribution in [-0.2, 0) is 0 Å². The Hall–Kier alpha value is -1.77. The molecular formula is C10H7F4NO. The van der Waals surface area contributed by atoms with Crippen LogP contribution in [0.25, 0.3) is 0 Å². The van der Waals surface area contributed by atoms with Crippen LogP contribution in [0.4, 0.5) is 17.6 Å². The molecule has 0 aliphatic rings. The van der Waals surface area contributed by atoms with Crippen molar-refractivity contribution in [3.63, 3.8) is 0 Å². The van der Waals surface area contributed by atoms with Crippen LogP contribution in [0.1, 0.15) is 12.5 Å². The van der Waals surface area contributed by atoms with Gasteiger partial charge in [-0.15, -0.1) is 0 Å². The molecule has 0 heterocycles. The first-order valence-electron chi connectivity index (χ1n) is 4.27. The standard InChI is InChI=1S/C10H7F4NO/c1-6(10(12,13)14)16-9-3-7(5-15)2-8(11)4-9/h2-4,6H,1H3. The zero-order valence-corrected chi connectivity index (χ0v) is 8.18. The highest BCUT2D eigenvalue weighted by Crippen LogP contribution is 2.25. The first-order valence-corrected chi connectivity index (χ1v) is 4.27. The Morgan fingerprint density at radius 3 is 2.44 bits per heavy atom. The van der Waals surface area contributed by atoms with E-state index in [-0.39, 0.29) is 11.3 Å². The van der Waals surface area contributed by atoms with Crippen molar-refractivity contribution in [2.45, 2.75) is 19.2 Å². The number of alkyl halides is 3. The van der Waals surface area contributed by atoms with Gasteiger partial charge in [0, 0.05) is 6.07 Å². The van der Waals surface area contributed by atoms with Gasteiger partial charge in [-0.05, 0) is 19.1 Å². The van der Waals surface area contributed by atoms with Crippen LogP contribution in [0.15, 0.2) is 18.2 Å². The highest BCUT2D eigenvalue weighted by Gasteiger charge is 2.38. The van der Waals surface area contributed by atoms with Crippen LogP contribution >= 0.6 is 0 Å². The lowest BCUT2D eigenvalue weighted by atomic mass is 10.2. The summed E-state index contributed by atoms with van der Waals surface area (Å²) in [5.41, 5.74) is -0.0932. The summed E-state index contributed by atoms with van der Waals surface area (Å²) in [7, 11) is 0. The van der Waals surface area contributed by atoms with Crippen molar-refractivity contribution in [3.8, 4) is 11.8 Å². The van der Waals surface area contributed by atoms with Gasteiger partial charge in [-0.2, -0.15) is 18.4 Å². The van der Waals surface area contributed by atoms with E-state index in [1.807, 2.05) is 0 Å². The summed E-state index contributed by atoms with van der Waals surface area (Å²) in [6, 6.07) is 4.37. The quantitative estimate of drug-likeness (QED) is 0.735. The monoisotopic (exact) mass is 233 g/mol. The molecule has 86 valence electrons. The Kier molecular flexibility index (Phi) is 3.38. The number of benzene rings is 1. The lowest BCUT2D eigenvalue weighted by Crippen LogP contribution is -2.31. The molecule has 0 bridgehead atoms. The molecule has 0 radical (unpaired) electrons. The van der Waals surface area contributed by atoms with E-state index >= 15 is 0 Å². The van der Waals surface area contributed by atoms with Gasteiger partial charge < -0.3 is 4.74 Å². The zero-order chi connectivity index (χ0) is 12.3. The maximum absolute atomic E-state index is 12.8. The van der Waals surface area contributed by atoms with Crippen molar-refractivity contribution in [1.29, 1.82) is 5.26 Å². The second-order valence-corrected chi connectivity index (χ2v) is 3.09. The third-order valence-electron chi connectivity index (χ3n) is 1.77. The molecule has 1 rings (SSSR count). The van der Waals surface area contributed by atoms with Gasteiger partial charge in [-0.1, -0.05) is 0 Å². The fourth-order valence-electron chi connectivity index (χ4n) is 0.966. The number of halogens is 4. The molecule has 2 nitrogen and oxygen atoms in total. The average Bonchev–Trinajstić information content (AvgIpc) is 2.15. The fraction of sp³-hybridized carbons (Fsp3) is 0.300. The number of hydrogen-bond acceptors (Lipinski definition) is 2. The molecule has 0 aromatic heterocycles. The molecule has 6 heteroatoms. The molecule has 0 spiro atoms. The number of nitriles is 1. The molecular weight excluding hydrogens is 226 g/mol. The Morgan fingerprint density at radius 1 is 1.31 bits per heavy atom. The first-order chi connectivity index (χ1) is 7.32. The molecule has 1 unspecified atom stereocenters. The molecule has 0 amide bonds. The van der Waals surface area contributed by atoms with Gasteiger partial charge in [0.25, 0.3) is 0 Å². The number of ether oxygens (including phenoxy) is 1. The van der Waals surface area contributed by atoms with Crippen molar-refractivity contribution in [3.05, 3.63) is 29.6 Å². The molecule has 0 aliphatic heterocycles. The maximum Gasteiger partial charge on any atom is 0.425 e. The van der Waals surface area contributed by atoms with E-state index in [0.29, 0.717) is 0 Å². The van der Waals surface area contributed by atoms with Gasteiger partial charge in [0.05, 0.1) is 11.6 Å². The maximum atomic E-state index is 12.8. The van der Waals surface area contributed by atoms with Gasteiger partial charge in [-0.25, -0.2) is 4.39 Å². The van der Waals surface area contributed by atoms with Crippen LogP contribution in [0.3, 0.4) is 0 Å². The Labute approximate surface area is 89.1 Å². The summed E-state index contributed by atoms with van der Waals surface area (Å²) in [6.07, 6.45) is -6.58. The van der Waals surface area contributed by atoms with Crippen molar-refractivity contribution in [1.82, 2.24) is 0 Å². The van der Waals surface area contributed by atoms with Crippen LogP contribution in [0.2, 0.25) is 0 Å². The van der Waals surface area contributed by atoms with Crippen molar-refractivity contribution in [2.24, 2.45) is 0 Å². The summed E-state index contributed by atoms with van der Waals surface area (Å²) >= 11 is 0. The normalized spacial score (nSPS) is 13.0. The van der Waals surface area contributed by atoms with E-state index in [1.165, 1.54) is 0 Å². The van der Waals surface area contributed by atoms with Crippen molar-refractivity contribution >= 4 is 0 Å². The van der Waals surface area contributed by atoms with Crippen LogP contribution < -0.4 is 4.74 Å². The van der Waals surface area contributed by atoms with E-state index in [0.717, 1.165) is 25.1 Å². The Bertz CT molecular complexity index is 422. The van der Waals surface area contributed by atoms with E-state index in [2.05, 4.69) is 4.74 Å². The van der Waals surface area contributed by atoms with Gasteiger partial charge in [-0.3, -0.25) is 0 Å². The summed E-state index contributed by atoms with van der Waals surface area (Å²) in [5, 5.41) is 8.49. The summed E-state index contributed by atoms with van der Waals surface area (Å²) in [5.74, 6) is -1.13. The van der Waals surface area contributed by atoms with E-state index in [1.54, 1.807) is 6.07 Å². The minimum atomic E-state index is -4.53. The number of hydrogen-bond donors (Lipinski definition) is 0. The third kappa shape index (κ3) is 3.12. The molecule has 0 saturated heterocycles. The predicted molar refractivity (Wildman–Crippen MR) is 47.3 cm³/mol. The summed E-state index contributed by atoms with van der Waals surface area (Å²) in [6.45, 7) is 0.803. The first kappa shape index (κ1) is 12.3. The highest BCUT2D eigenvalue weighted by atomic mass is 19.4. The average molecular weight is 233 g/mol. The second kappa shape index (κ2) is 4.39. The lowest BCUT2D eigenvalue weighted by molar-refractivity contribution is -0.189. The highest BCUT2D eigenvalue weighted by molar-refractivity contribution is 5.37. The minimum absolute atomic E-state index is 0.0932. The summed E-state index contributed by atoms with van der Waals surface area (Å²) in [4.78, 5) is 0. The smallest absolute Gasteiger partial charge is 0.425 e. The van der Waals surface area contributed by atoms with Gasteiger partial charge in [0.2, 0.25) is 0 Å². The SMILES string of the molecule is CC(Oc1cc(F)cc(C#N)c1)C(F)(F)F. The zero-order valence-electron chi connectivity index (χ0n) is 8.18. The minimum Gasteiger partial charge on any atom is -0.481 e. The molecule has 16 heavy (non-hydrogen) atoms. The number of rotatable bonds is 2. The largest absolute Gasteiger partial charge is 0.481 e. The van der Waals surface area contributed by atoms with Crippen LogP contribution in [0.5, 0.6) is 5.75 Å². The lowest BCUT2D eigenvalue weighted by Gasteiger charge is -2.17. The van der Waals surface area contributed by atoms with Gasteiger partial charge in [0.15, 0.2) is 6.10 Å². The Morgan fingerprint density at radius 2 is 1.94 bits per heavy atom. The molecule has 1 atom stereocenters.